The van der Waals surface area contributed by atoms with Crippen molar-refractivity contribution < 1.29 is 26.4 Å². The van der Waals surface area contributed by atoms with Crippen molar-refractivity contribution in [3.63, 3.8) is 0 Å². The summed E-state index contributed by atoms with van der Waals surface area (Å²) in [5.41, 5.74) is -0.317. The first-order valence-corrected chi connectivity index (χ1v) is 7.72. The molecule has 0 spiro atoms. The maximum atomic E-state index is 13.5. The summed E-state index contributed by atoms with van der Waals surface area (Å²) >= 11 is 0. The standard InChI is InChI=1S/C14H11F3N2O3S/c1-8(20)18-14-7-11(2-3-13(14)17)19-23(21,22)12-5-9(15)4-10(16)6-12/h2-7,19H,1H3,(H,18,20). The fraction of sp³-hybridized carbons (Fsp3) is 0.0714. The number of anilines is 2. The Morgan fingerprint density at radius 1 is 1.00 bits per heavy atom. The minimum absolute atomic E-state index is 0.0835. The van der Waals surface area contributed by atoms with E-state index in [9.17, 15) is 26.4 Å². The van der Waals surface area contributed by atoms with Gasteiger partial charge in [0.2, 0.25) is 5.91 Å². The van der Waals surface area contributed by atoms with Crippen LogP contribution >= 0.6 is 0 Å². The number of halogens is 3. The van der Waals surface area contributed by atoms with Gasteiger partial charge in [0.15, 0.2) is 0 Å². The normalized spacial score (nSPS) is 11.1. The highest BCUT2D eigenvalue weighted by Crippen LogP contribution is 2.23. The van der Waals surface area contributed by atoms with Crippen molar-refractivity contribution in [2.75, 3.05) is 10.0 Å². The third-order valence-corrected chi connectivity index (χ3v) is 4.04. The molecule has 2 aromatic carbocycles. The molecule has 2 rings (SSSR count). The van der Waals surface area contributed by atoms with E-state index in [1.165, 1.54) is 0 Å². The summed E-state index contributed by atoms with van der Waals surface area (Å²) in [6.07, 6.45) is 0. The van der Waals surface area contributed by atoms with Crippen molar-refractivity contribution in [2.45, 2.75) is 11.8 Å². The minimum Gasteiger partial charge on any atom is -0.324 e. The smallest absolute Gasteiger partial charge is 0.262 e. The summed E-state index contributed by atoms with van der Waals surface area (Å²) in [6.45, 7) is 1.16. The van der Waals surface area contributed by atoms with Crippen LogP contribution < -0.4 is 10.0 Å². The lowest BCUT2D eigenvalue weighted by atomic mass is 10.2. The van der Waals surface area contributed by atoms with Gasteiger partial charge in [0.25, 0.3) is 10.0 Å². The van der Waals surface area contributed by atoms with E-state index in [2.05, 4.69) is 10.0 Å². The maximum Gasteiger partial charge on any atom is 0.262 e. The molecular weight excluding hydrogens is 333 g/mol. The van der Waals surface area contributed by atoms with Crippen molar-refractivity contribution in [1.29, 1.82) is 0 Å². The van der Waals surface area contributed by atoms with Crippen LogP contribution in [0, 0.1) is 17.5 Å². The molecule has 0 radical (unpaired) electrons. The second kappa shape index (κ2) is 6.29. The molecule has 9 heteroatoms. The predicted molar refractivity (Wildman–Crippen MR) is 77.9 cm³/mol. The molecule has 0 saturated carbocycles. The molecule has 0 fully saturated rings. The Kier molecular flexibility index (Phi) is 4.60. The summed E-state index contributed by atoms with van der Waals surface area (Å²) in [5, 5.41) is 2.19. The first-order chi connectivity index (χ1) is 10.7. The number of rotatable bonds is 4. The molecule has 0 aromatic heterocycles. The molecule has 0 heterocycles. The molecule has 2 N–H and O–H groups in total. The van der Waals surface area contributed by atoms with Gasteiger partial charge in [0.1, 0.15) is 17.5 Å². The Balaban J connectivity index is 2.35. The van der Waals surface area contributed by atoms with Gasteiger partial charge >= 0.3 is 0 Å². The SMILES string of the molecule is CC(=O)Nc1cc(NS(=O)(=O)c2cc(F)cc(F)c2)ccc1F. The number of carbonyl (C=O) groups excluding carboxylic acids is 1. The van der Waals surface area contributed by atoms with Gasteiger partial charge in [0.05, 0.1) is 16.3 Å². The number of nitrogens with one attached hydrogen (secondary N) is 2. The van der Waals surface area contributed by atoms with E-state index in [0.29, 0.717) is 18.2 Å². The van der Waals surface area contributed by atoms with Crippen molar-refractivity contribution >= 4 is 27.3 Å². The van der Waals surface area contributed by atoms with Crippen molar-refractivity contribution in [1.82, 2.24) is 0 Å². The first kappa shape index (κ1) is 16.8. The van der Waals surface area contributed by atoms with Gasteiger partial charge in [-0.25, -0.2) is 21.6 Å². The van der Waals surface area contributed by atoms with Crippen LogP contribution in [0.2, 0.25) is 0 Å². The lowest BCUT2D eigenvalue weighted by Gasteiger charge is -2.11. The van der Waals surface area contributed by atoms with Crippen LogP contribution in [0.4, 0.5) is 24.5 Å². The summed E-state index contributed by atoms with van der Waals surface area (Å²) < 4.78 is 66.0. The molecule has 0 saturated heterocycles. The second-order valence-corrected chi connectivity index (χ2v) is 6.27. The molecule has 0 aliphatic carbocycles. The number of benzene rings is 2. The number of hydrogen-bond acceptors (Lipinski definition) is 3. The molecule has 0 aliphatic heterocycles. The molecule has 5 nitrogen and oxygen atoms in total. The van der Waals surface area contributed by atoms with Gasteiger partial charge in [-0.15, -0.1) is 0 Å². The van der Waals surface area contributed by atoms with Crippen molar-refractivity contribution in [3.8, 4) is 0 Å². The third-order valence-electron chi connectivity index (χ3n) is 2.68. The molecule has 122 valence electrons. The van der Waals surface area contributed by atoms with E-state index in [4.69, 9.17) is 0 Å². The number of sulfonamides is 1. The van der Waals surface area contributed by atoms with Gasteiger partial charge in [0, 0.05) is 13.0 Å². The Hall–Kier alpha value is -2.55. The summed E-state index contributed by atoms with van der Waals surface area (Å²) in [7, 11) is -4.28. The molecule has 1 amide bonds. The molecule has 0 aliphatic rings. The van der Waals surface area contributed by atoms with Gasteiger partial charge in [-0.05, 0) is 30.3 Å². The van der Waals surface area contributed by atoms with E-state index < -0.39 is 38.3 Å². The highest BCUT2D eigenvalue weighted by molar-refractivity contribution is 7.92. The monoisotopic (exact) mass is 344 g/mol. The van der Waals surface area contributed by atoms with E-state index in [1.807, 2.05) is 0 Å². The highest BCUT2D eigenvalue weighted by atomic mass is 32.2. The van der Waals surface area contributed by atoms with Gasteiger partial charge < -0.3 is 5.32 Å². The van der Waals surface area contributed by atoms with Crippen LogP contribution in [0.1, 0.15) is 6.92 Å². The predicted octanol–water partition coefficient (Wildman–Crippen LogP) is 2.86. The zero-order valence-corrected chi connectivity index (χ0v) is 12.5. The average molecular weight is 344 g/mol. The van der Waals surface area contributed by atoms with E-state index in [0.717, 1.165) is 25.1 Å². The molecule has 0 bridgehead atoms. The minimum atomic E-state index is -4.28. The van der Waals surface area contributed by atoms with Crippen molar-refractivity contribution in [3.05, 3.63) is 53.8 Å². The number of carbonyl (C=O) groups is 1. The zero-order valence-electron chi connectivity index (χ0n) is 11.7. The summed E-state index contributed by atoms with van der Waals surface area (Å²) in [4.78, 5) is 10.3. The highest BCUT2D eigenvalue weighted by Gasteiger charge is 2.17. The summed E-state index contributed by atoms with van der Waals surface area (Å²) in [5.74, 6) is -3.41. The number of amides is 1. The Morgan fingerprint density at radius 3 is 2.17 bits per heavy atom. The Bertz CT molecular complexity index is 849. The van der Waals surface area contributed by atoms with Crippen LogP contribution in [-0.4, -0.2) is 14.3 Å². The largest absolute Gasteiger partial charge is 0.324 e. The average Bonchev–Trinajstić information content (AvgIpc) is 2.40. The van der Waals surface area contributed by atoms with Crippen molar-refractivity contribution in [2.24, 2.45) is 0 Å². The molecule has 0 unspecified atom stereocenters. The maximum absolute atomic E-state index is 13.5. The van der Waals surface area contributed by atoms with Crippen LogP contribution in [0.25, 0.3) is 0 Å². The van der Waals surface area contributed by atoms with Crippen LogP contribution in [0.5, 0.6) is 0 Å². The van der Waals surface area contributed by atoms with E-state index >= 15 is 0 Å². The lowest BCUT2D eigenvalue weighted by molar-refractivity contribution is -0.114. The Labute approximate surface area is 130 Å². The quantitative estimate of drug-likeness (QED) is 0.895. The second-order valence-electron chi connectivity index (χ2n) is 4.59. The lowest BCUT2D eigenvalue weighted by Crippen LogP contribution is -2.14. The van der Waals surface area contributed by atoms with Crippen LogP contribution in [0.15, 0.2) is 41.3 Å². The van der Waals surface area contributed by atoms with Gasteiger partial charge in [-0.2, -0.15) is 0 Å². The third kappa shape index (κ3) is 4.22. The number of hydrogen-bond donors (Lipinski definition) is 2. The van der Waals surface area contributed by atoms with Crippen LogP contribution in [0.3, 0.4) is 0 Å². The molecule has 0 atom stereocenters. The topological polar surface area (TPSA) is 75.3 Å². The van der Waals surface area contributed by atoms with E-state index in [1.54, 1.807) is 0 Å². The Morgan fingerprint density at radius 2 is 1.61 bits per heavy atom. The van der Waals surface area contributed by atoms with Gasteiger partial charge in [-0.1, -0.05) is 0 Å². The first-order valence-electron chi connectivity index (χ1n) is 6.23. The fourth-order valence-electron chi connectivity index (χ4n) is 1.77. The molecule has 2 aromatic rings. The zero-order chi connectivity index (χ0) is 17.2. The van der Waals surface area contributed by atoms with Crippen LogP contribution in [-0.2, 0) is 14.8 Å². The van der Waals surface area contributed by atoms with Gasteiger partial charge in [-0.3, -0.25) is 9.52 Å². The van der Waals surface area contributed by atoms with E-state index in [-0.39, 0.29) is 11.4 Å². The molecular formula is C14H11F3N2O3S. The molecule has 23 heavy (non-hydrogen) atoms. The fourth-order valence-corrected chi connectivity index (χ4v) is 2.86. The summed E-state index contributed by atoms with van der Waals surface area (Å²) in [6, 6.07) is 4.91.